The largest absolute Gasteiger partial charge is 0.376 e. The molecule has 0 spiro atoms. The maximum absolute atomic E-state index is 13.7. The molecule has 0 atom stereocenters. The minimum atomic E-state index is -1.52. The highest BCUT2D eigenvalue weighted by Gasteiger charge is 2.42. The van der Waals surface area contributed by atoms with Crippen molar-refractivity contribution in [2.75, 3.05) is 0 Å². The van der Waals surface area contributed by atoms with Gasteiger partial charge in [0.15, 0.2) is 0 Å². The highest BCUT2D eigenvalue weighted by Crippen LogP contribution is 2.51. The first-order chi connectivity index (χ1) is 24.7. The third kappa shape index (κ3) is 6.50. The number of hydrogen-bond donors (Lipinski definition) is 2. The van der Waals surface area contributed by atoms with E-state index in [9.17, 15) is 10.2 Å². The summed E-state index contributed by atoms with van der Waals surface area (Å²) in [6.45, 7) is 16.7. The van der Waals surface area contributed by atoms with E-state index in [0.29, 0.717) is 0 Å². The van der Waals surface area contributed by atoms with Gasteiger partial charge in [-0.05, 0) is 124 Å². The molecule has 0 aliphatic heterocycles. The Morgan fingerprint density at radius 1 is 0.365 bits per heavy atom. The van der Waals surface area contributed by atoms with Crippen molar-refractivity contribution in [2.24, 2.45) is 0 Å². The number of hydrogen-bond acceptors (Lipinski definition) is 4. The topological polar surface area (TPSA) is 40.5 Å². The number of aliphatic hydroxyl groups is 2. The quantitative estimate of drug-likeness (QED) is 0.154. The van der Waals surface area contributed by atoms with Crippen LogP contribution in [0.5, 0.6) is 0 Å². The average Bonchev–Trinajstić information content (AvgIpc) is 3.81. The molecule has 0 fully saturated rings. The predicted molar refractivity (Wildman–Crippen MR) is 221 cm³/mol. The maximum atomic E-state index is 13.7. The minimum absolute atomic E-state index is 0.778. The van der Waals surface area contributed by atoms with E-state index in [1.807, 2.05) is 0 Å². The van der Waals surface area contributed by atoms with Crippen molar-refractivity contribution < 1.29 is 10.2 Å². The molecule has 2 aromatic heterocycles. The van der Waals surface area contributed by atoms with Crippen LogP contribution in [0.25, 0.3) is 20.9 Å². The van der Waals surface area contributed by atoms with Gasteiger partial charge in [-0.2, -0.15) is 0 Å². The summed E-state index contributed by atoms with van der Waals surface area (Å²) in [5, 5.41) is 31.7. The molecule has 0 saturated heterocycles. The molecule has 0 unspecified atom stereocenters. The second kappa shape index (κ2) is 13.8. The van der Waals surface area contributed by atoms with Crippen LogP contribution in [-0.2, 0) is 11.2 Å². The van der Waals surface area contributed by atoms with Crippen molar-refractivity contribution in [1.29, 1.82) is 0 Å². The fourth-order valence-electron chi connectivity index (χ4n) is 8.16. The summed E-state index contributed by atoms with van der Waals surface area (Å²) >= 11 is 3.29. The lowest BCUT2D eigenvalue weighted by Crippen LogP contribution is -2.33. The van der Waals surface area contributed by atoms with Crippen LogP contribution in [-0.4, -0.2) is 10.2 Å². The third-order valence-electron chi connectivity index (χ3n) is 10.1. The van der Waals surface area contributed by atoms with Crippen LogP contribution in [0.15, 0.2) is 120 Å². The van der Waals surface area contributed by atoms with Crippen LogP contribution < -0.4 is 0 Å². The summed E-state index contributed by atoms with van der Waals surface area (Å²) in [5.41, 5.74) is 12.3. The Hall–Kier alpha value is -4.58. The average molecular weight is 719 g/mol. The molecular formula is C48H46O2S2. The van der Waals surface area contributed by atoms with Gasteiger partial charge in [0, 0.05) is 20.9 Å². The first-order valence-electron chi connectivity index (χ1n) is 17.8. The Kier molecular flexibility index (Phi) is 9.48. The molecule has 52 heavy (non-hydrogen) atoms. The molecule has 262 valence electrons. The normalized spacial score (nSPS) is 12.0. The van der Waals surface area contributed by atoms with E-state index >= 15 is 0 Å². The van der Waals surface area contributed by atoms with E-state index in [0.717, 1.165) is 98.8 Å². The highest BCUT2D eigenvalue weighted by atomic mass is 32.1. The lowest BCUT2D eigenvalue weighted by atomic mass is 9.72. The van der Waals surface area contributed by atoms with Gasteiger partial charge in [-0.1, -0.05) is 129 Å². The van der Waals surface area contributed by atoms with Gasteiger partial charge in [0.1, 0.15) is 11.2 Å². The Morgan fingerprint density at radius 3 is 0.827 bits per heavy atom. The summed E-state index contributed by atoms with van der Waals surface area (Å²) < 4.78 is 0. The number of thiophene rings is 2. The van der Waals surface area contributed by atoms with Gasteiger partial charge in [0.05, 0.1) is 0 Å². The van der Waals surface area contributed by atoms with Gasteiger partial charge < -0.3 is 10.2 Å². The van der Waals surface area contributed by atoms with Crippen molar-refractivity contribution in [3.05, 3.63) is 198 Å². The number of aryl methyl sites for hydroxylation is 8. The Morgan fingerprint density at radius 2 is 0.615 bits per heavy atom. The van der Waals surface area contributed by atoms with E-state index < -0.39 is 11.2 Å². The van der Waals surface area contributed by atoms with Crippen LogP contribution in [0.2, 0.25) is 0 Å². The van der Waals surface area contributed by atoms with Crippen LogP contribution in [0.4, 0.5) is 0 Å². The smallest absolute Gasteiger partial charge is 0.141 e. The summed E-state index contributed by atoms with van der Waals surface area (Å²) in [6, 6.07) is 38.2. The van der Waals surface area contributed by atoms with Gasteiger partial charge in [-0.15, -0.1) is 22.7 Å². The molecule has 2 nitrogen and oxygen atoms in total. The molecule has 0 aliphatic rings. The molecule has 0 radical (unpaired) electrons. The summed E-state index contributed by atoms with van der Waals surface area (Å²) in [5.74, 6) is 0. The molecule has 7 aromatic rings. The van der Waals surface area contributed by atoms with Crippen molar-refractivity contribution in [3.63, 3.8) is 0 Å². The van der Waals surface area contributed by atoms with E-state index in [2.05, 4.69) is 175 Å². The van der Waals surface area contributed by atoms with E-state index in [4.69, 9.17) is 0 Å². The predicted octanol–water partition coefficient (Wildman–Crippen LogP) is 12.2. The van der Waals surface area contributed by atoms with E-state index in [-0.39, 0.29) is 0 Å². The highest BCUT2D eigenvalue weighted by molar-refractivity contribution is 7.14. The first-order valence-corrected chi connectivity index (χ1v) is 19.6. The van der Waals surface area contributed by atoms with Gasteiger partial charge in [-0.3, -0.25) is 0 Å². The molecule has 2 heterocycles. The van der Waals surface area contributed by atoms with Gasteiger partial charge in [0.2, 0.25) is 0 Å². The lowest BCUT2D eigenvalue weighted by Gasteiger charge is -2.37. The number of rotatable bonds is 8. The first kappa shape index (κ1) is 35.8. The van der Waals surface area contributed by atoms with Crippen molar-refractivity contribution in [2.45, 2.75) is 66.6 Å². The van der Waals surface area contributed by atoms with Crippen molar-refractivity contribution >= 4 is 22.7 Å². The van der Waals surface area contributed by atoms with Gasteiger partial charge in [-0.25, -0.2) is 0 Å². The molecule has 4 heteroatoms. The van der Waals surface area contributed by atoms with Crippen LogP contribution >= 0.6 is 22.7 Å². The minimum Gasteiger partial charge on any atom is -0.376 e. The third-order valence-corrected chi connectivity index (χ3v) is 11.9. The Balaban J connectivity index is 1.68. The molecule has 0 saturated carbocycles. The second-order valence-corrected chi connectivity index (χ2v) is 16.7. The zero-order valence-corrected chi connectivity index (χ0v) is 32.9. The van der Waals surface area contributed by atoms with Crippen LogP contribution in [0.1, 0.15) is 77.9 Å². The molecule has 0 amide bonds. The van der Waals surface area contributed by atoms with Crippen LogP contribution in [0.3, 0.4) is 0 Å². The molecule has 0 bridgehead atoms. The monoisotopic (exact) mass is 718 g/mol. The zero-order valence-electron chi connectivity index (χ0n) is 31.3. The second-order valence-electron chi connectivity index (χ2n) is 14.8. The maximum Gasteiger partial charge on any atom is 0.141 e. The van der Waals surface area contributed by atoms with Crippen LogP contribution in [0, 0.1) is 55.4 Å². The zero-order chi connectivity index (χ0) is 36.9. The fourth-order valence-corrected chi connectivity index (χ4v) is 9.67. The molecule has 2 N–H and O–H groups in total. The van der Waals surface area contributed by atoms with E-state index in [1.165, 1.54) is 0 Å². The molecule has 7 rings (SSSR count). The summed E-state index contributed by atoms with van der Waals surface area (Å²) in [4.78, 5) is 2.04. The fraction of sp³-hybridized carbons (Fsp3) is 0.208. The molecule has 0 aliphatic carbocycles. The Labute approximate surface area is 316 Å². The Bertz CT molecular complexity index is 2060. The summed E-state index contributed by atoms with van der Waals surface area (Å²) in [6.07, 6.45) is 0. The SMILES string of the molecule is Cc1cc(C)cc(C(O)(c2cc(C)cc(C)c2)c2cc(-c3cccs3)c(C(O)(c3cc(C)cc(C)c3)c3cc(C)cc(C)c3)cc2-c2cccs2)c1. The number of benzene rings is 5. The standard InChI is InChI=1S/C48H46O2S2/c1-29-15-30(2)20-37(19-29)47(49,38-21-31(3)16-32(4)22-38)43-27-42(46-12-10-14-52-46)44(28-41(43)45-11-9-13-51-45)48(50,39-23-33(5)17-34(6)24-39)40-25-35(7)18-36(8)26-40/h9-28,49-50H,1-8H3. The molecule has 5 aromatic carbocycles. The van der Waals surface area contributed by atoms with Crippen molar-refractivity contribution in [1.82, 2.24) is 0 Å². The van der Waals surface area contributed by atoms with Gasteiger partial charge >= 0.3 is 0 Å². The van der Waals surface area contributed by atoms with E-state index in [1.54, 1.807) is 22.7 Å². The summed E-state index contributed by atoms with van der Waals surface area (Å²) in [7, 11) is 0. The molecular weight excluding hydrogens is 673 g/mol. The van der Waals surface area contributed by atoms with Crippen molar-refractivity contribution in [3.8, 4) is 20.9 Å². The lowest BCUT2D eigenvalue weighted by molar-refractivity contribution is 0.122. The van der Waals surface area contributed by atoms with Gasteiger partial charge in [0.25, 0.3) is 0 Å².